The molecule has 5 nitrogen and oxygen atoms in total. The summed E-state index contributed by atoms with van der Waals surface area (Å²) >= 11 is 0. The molecule has 0 spiro atoms. The Morgan fingerprint density at radius 2 is 1.54 bits per heavy atom. The van der Waals surface area contributed by atoms with Crippen molar-refractivity contribution in [2.75, 3.05) is 31.5 Å². The van der Waals surface area contributed by atoms with Gasteiger partial charge in [0.2, 0.25) is 11.8 Å². The molecule has 0 atom stereocenters. The molecule has 0 aromatic heterocycles. The minimum atomic E-state index is -0.114. The first-order chi connectivity index (χ1) is 12.6. The molecule has 0 heterocycles. The van der Waals surface area contributed by atoms with E-state index in [1.807, 2.05) is 61.2 Å². The molecule has 138 valence electrons. The molecule has 0 aliphatic heterocycles. The maximum Gasteiger partial charge on any atom is 0.238 e. The van der Waals surface area contributed by atoms with Crippen LogP contribution < -0.4 is 10.6 Å². The second-order valence-electron chi connectivity index (χ2n) is 6.12. The third-order valence-electron chi connectivity index (χ3n) is 4.08. The topological polar surface area (TPSA) is 61.4 Å². The van der Waals surface area contributed by atoms with Crippen LogP contribution in [-0.4, -0.2) is 42.9 Å². The summed E-state index contributed by atoms with van der Waals surface area (Å²) in [6, 6.07) is 18.0. The van der Waals surface area contributed by atoms with Gasteiger partial charge < -0.3 is 10.6 Å². The SMILES string of the molecule is CCNC(=O)CN(CC)CC(=O)Nc1ccccc1Cc1ccccc1. The number of rotatable bonds is 9. The van der Waals surface area contributed by atoms with Gasteiger partial charge in [0.1, 0.15) is 0 Å². The number of benzene rings is 2. The normalized spacial score (nSPS) is 10.6. The van der Waals surface area contributed by atoms with Gasteiger partial charge in [-0.1, -0.05) is 55.5 Å². The maximum atomic E-state index is 12.4. The monoisotopic (exact) mass is 353 g/mol. The van der Waals surface area contributed by atoms with Crippen LogP contribution in [0.25, 0.3) is 0 Å². The van der Waals surface area contributed by atoms with Crippen LogP contribution in [0.1, 0.15) is 25.0 Å². The number of amides is 2. The van der Waals surface area contributed by atoms with Crippen molar-refractivity contribution in [3.63, 3.8) is 0 Å². The summed E-state index contributed by atoms with van der Waals surface area (Å²) in [5.74, 6) is -0.178. The van der Waals surface area contributed by atoms with Gasteiger partial charge in [-0.25, -0.2) is 0 Å². The van der Waals surface area contributed by atoms with Gasteiger partial charge in [0.15, 0.2) is 0 Å². The zero-order valence-electron chi connectivity index (χ0n) is 15.5. The molecular weight excluding hydrogens is 326 g/mol. The molecule has 0 unspecified atom stereocenters. The zero-order valence-corrected chi connectivity index (χ0v) is 15.5. The van der Waals surface area contributed by atoms with Crippen molar-refractivity contribution in [3.8, 4) is 0 Å². The van der Waals surface area contributed by atoms with Crippen LogP contribution in [0.2, 0.25) is 0 Å². The van der Waals surface area contributed by atoms with Crippen molar-refractivity contribution >= 4 is 17.5 Å². The molecule has 2 amide bonds. The quantitative estimate of drug-likeness (QED) is 0.729. The second-order valence-corrected chi connectivity index (χ2v) is 6.12. The third-order valence-corrected chi connectivity index (χ3v) is 4.08. The van der Waals surface area contributed by atoms with E-state index in [-0.39, 0.29) is 24.9 Å². The van der Waals surface area contributed by atoms with Crippen molar-refractivity contribution in [1.29, 1.82) is 0 Å². The second kappa shape index (κ2) is 10.4. The van der Waals surface area contributed by atoms with E-state index >= 15 is 0 Å². The third kappa shape index (κ3) is 6.33. The van der Waals surface area contributed by atoms with Gasteiger partial charge in [0.25, 0.3) is 0 Å². The summed E-state index contributed by atoms with van der Waals surface area (Å²) in [5.41, 5.74) is 3.08. The molecule has 2 aromatic rings. The van der Waals surface area contributed by atoms with Crippen LogP contribution in [0.5, 0.6) is 0 Å². The molecule has 2 rings (SSSR count). The fourth-order valence-electron chi connectivity index (χ4n) is 2.74. The number of nitrogens with zero attached hydrogens (tertiary/aromatic N) is 1. The predicted octanol–water partition coefficient (Wildman–Crippen LogP) is 2.67. The first kappa shape index (κ1) is 19.7. The Bertz CT molecular complexity index is 716. The van der Waals surface area contributed by atoms with Gasteiger partial charge in [-0.15, -0.1) is 0 Å². The number of anilines is 1. The smallest absolute Gasteiger partial charge is 0.238 e. The van der Waals surface area contributed by atoms with Crippen LogP contribution in [0, 0.1) is 0 Å². The van der Waals surface area contributed by atoms with E-state index in [9.17, 15) is 9.59 Å². The van der Waals surface area contributed by atoms with Crippen molar-refractivity contribution in [2.24, 2.45) is 0 Å². The van der Waals surface area contributed by atoms with Crippen molar-refractivity contribution in [3.05, 3.63) is 65.7 Å². The average Bonchev–Trinajstić information content (AvgIpc) is 2.64. The van der Waals surface area contributed by atoms with Crippen LogP contribution in [-0.2, 0) is 16.0 Å². The Morgan fingerprint density at radius 1 is 0.885 bits per heavy atom. The molecule has 26 heavy (non-hydrogen) atoms. The molecule has 5 heteroatoms. The molecule has 2 N–H and O–H groups in total. The lowest BCUT2D eigenvalue weighted by Gasteiger charge is -2.19. The van der Waals surface area contributed by atoms with E-state index in [1.165, 1.54) is 5.56 Å². The Morgan fingerprint density at radius 3 is 2.23 bits per heavy atom. The minimum absolute atomic E-state index is 0.0633. The van der Waals surface area contributed by atoms with E-state index in [0.717, 1.165) is 17.7 Å². The van der Waals surface area contributed by atoms with E-state index < -0.39 is 0 Å². The number of carbonyl (C=O) groups is 2. The van der Waals surface area contributed by atoms with Crippen molar-refractivity contribution < 1.29 is 9.59 Å². The highest BCUT2D eigenvalue weighted by molar-refractivity contribution is 5.93. The van der Waals surface area contributed by atoms with E-state index in [2.05, 4.69) is 22.8 Å². The highest BCUT2D eigenvalue weighted by atomic mass is 16.2. The first-order valence-electron chi connectivity index (χ1n) is 9.03. The lowest BCUT2D eigenvalue weighted by Crippen LogP contribution is -2.41. The summed E-state index contributed by atoms with van der Waals surface area (Å²) in [4.78, 5) is 26.0. The van der Waals surface area contributed by atoms with Crippen LogP contribution >= 0.6 is 0 Å². The van der Waals surface area contributed by atoms with Gasteiger partial charge in [-0.2, -0.15) is 0 Å². The van der Waals surface area contributed by atoms with E-state index in [0.29, 0.717) is 13.1 Å². The Kier molecular flexibility index (Phi) is 7.83. The van der Waals surface area contributed by atoms with E-state index in [4.69, 9.17) is 0 Å². The number of carbonyl (C=O) groups excluding carboxylic acids is 2. The first-order valence-corrected chi connectivity index (χ1v) is 9.03. The summed E-state index contributed by atoms with van der Waals surface area (Å²) in [6.07, 6.45) is 0.758. The maximum absolute atomic E-state index is 12.4. The Labute approximate surface area is 155 Å². The number of nitrogens with one attached hydrogen (secondary N) is 2. The molecular formula is C21H27N3O2. The highest BCUT2D eigenvalue weighted by Gasteiger charge is 2.14. The molecule has 0 bridgehead atoms. The standard InChI is InChI=1S/C21H27N3O2/c1-3-22-20(25)15-24(4-2)16-21(26)23-19-13-9-8-12-18(19)14-17-10-6-5-7-11-17/h5-13H,3-4,14-16H2,1-2H3,(H,22,25)(H,23,26). The summed E-state index contributed by atoms with van der Waals surface area (Å²) in [5, 5.41) is 5.75. The fourth-order valence-corrected chi connectivity index (χ4v) is 2.74. The van der Waals surface area contributed by atoms with Gasteiger partial charge in [-0.05, 0) is 37.1 Å². The Hall–Kier alpha value is -2.66. The van der Waals surface area contributed by atoms with Gasteiger partial charge in [0, 0.05) is 12.2 Å². The number of hydrogen-bond donors (Lipinski definition) is 2. The van der Waals surface area contributed by atoms with Crippen LogP contribution in [0.15, 0.2) is 54.6 Å². The van der Waals surface area contributed by atoms with Crippen LogP contribution in [0.4, 0.5) is 5.69 Å². The molecule has 0 saturated carbocycles. The molecule has 0 aliphatic rings. The number of hydrogen-bond acceptors (Lipinski definition) is 3. The van der Waals surface area contributed by atoms with Crippen molar-refractivity contribution in [1.82, 2.24) is 10.2 Å². The van der Waals surface area contributed by atoms with E-state index in [1.54, 1.807) is 0 Å². The van der Waals surface area contributed by atoms with Gasteiger partial charge >= 0.3 is 0 Å². The molecule has 0 radical (unpaired) electrons. The molecule has 0 saturated heterocycles. The largest absolute Gasteiger partial charge is 0.355 e. The number of para-hydroxylation sites is 1. The zero-order chi connectivity index (χ0) is 18.8. The van der Waals surface area contributed by atoms with Gasteiger partial charge in [0.05, 0.1) is 13.1 Å². The highest BCUT2D eigenvalue weighted by Crippen LogP contribution is 2.19. The molecule has 2 aromatic carbocycles. The summed E-state index contributed by atoms with van der Waals surface area (Å²) in [6.45, 7) is 5.46. The minimum Gasteiger partial charge on any atom is -0.355 e. The van der Waals surface area contributed by atoms with Gasteiger partial charge in [-0.3, -0.25) is 14.5 Å². The molecule has 0 aliphatic carbocycles. The summed E-state index contributed by atoms with van der Waals surface area (Å²) < 4.78 is 0. The lowest BCUT2D eigenvalue weighted by molar-refractivity contribution is -0.123. The lowest BCUT2D eigenvalue weighted by atomic mass is 10.0. The van der Waals surface area contributed by atoms with Crippen molar-refractivity contribution in [2.45, 2.75) is 20.3 Å². The predicted molar refractivity (Wildman–Crippen MR) is 105 cm³/mol. The Balaban J connectivity index is 1.99. The number of likely N-dealkylation sites (N-methyl/N-ethyl adjacent to an activating group) is 2. The van der Waals surface area contributed by atoms with Crippen LogP contribution in [0.3, 0.4) is 0 Å². The summed E-state index contributed by atoms with van der Waals surface area (Å²) in [7, 11) is 0. The average molecular weight is 353 g/mol. The molecule has 0 fully saturated rings. The fraction of sp³-hybridized carbons (Fsp3) is 0.333.